The molecule has 7 heteroatoms. The van der Waals surface area contributed by atoms with E-state index in [0.717, 1.165) is 21.0 Å². The molecule has 0 aromatic heterocycles. The highest BCUT2D eigenvalue weighted by Crippen LogP contribution is 2.29. The summed E-state index contributed by atoms with van der Waals surface area (Å²) in [4.78, 5) is 13.2. The Kier molecular flexibility index (Phi) is 7.01. The van der Waals surface area contributed by atoms with E-state index in [1.165, 1.54) is 24.3 Å². The van der Waals surface area contributed by atoms with Gasteiger partial charge in [0.15, 0.2) is 0 Å². The molecule has 172 valence electrons. The van der Waals surface area contributed by atoms with E-state index in [4.69, 9.17) is 11.6 Å². The van der Waals surface area contributed by atoms with Gasteiger partial charge in [0.2, 0.25) is 5.91 Å². The molecule has 0 aliphatic rings. The first-order valence-electron chi connectivity index (χ1n) is 10.6. The number of nitrogens with zero attached hydrogens (tertiary/aromatic N) is 1. The molecule has 1 amide bonds. The Hall–Kier alpha value is -3.61. The minimum Gasteiger partial charge on any atom is -0.324 e. The predicted molar refractivity (Wildman–Crippen MR) is 138 cm³/mol. The fourth-order valence-electron chi connectivity index (χ4n) is 3.54. The maximum absolute atomic E-state index is 13.5. The van der Waals surface area contributed by atoms with Gasteiger partial charge in [-0.3, -0.25) is 9.10 Å². The molecule has 0 heterocycles. The van der Waals surface area contributed by atoms with Crippen LogP contribution in [0.2, 0.25) is 5.02 Å². The number of sulfonamides is 1. The lowest BCUT2D eigenvalue weighted by Crippen LogP contribution is -2.38. The summed E-state index contributed by atoms with van der Waals surface area (Å²) in [6, 6.07) is 30.0. The van der Waals surface area contributed by atoms with Crippen molar-refractivity contribution >= 4 is 38.9 Å². The minimum atomic E-state index is -4.02. The van der Waals surface area contributed by atoms with E-state index in [2.05, 4.69) is 5.32 Å². The van der Waals surface area contributed by atoms with E-state index >= 15 is 0 Å². The van der Waals surface area contributed by atoms with Crippen molar-refractivity contribution in [2.45, 2.75) is 11.8 Å². The molecule has 0 fully saturated rings. The van der Waals surface area contributed by atoms with Gasteiger partial charge >= 0.3 is 0 Å². The van der Waals surface area contributed by atoms with Crippen LogP contribution in [0.5, 0.6) is 0 Å². The number of benzene rings is 4. The zero-order valence-corrected chi connectivity index (χ0v) is 20.1. The SMILES string of the molecule is Cc1ccc(N(CC(=O)Nc2ccccc2-c2ccccc2)S(=O)(=O)c2ccc(Cl)cc2)cc1. The molecule has 34 heavy (non-hydrogen) atoms. The molecule has 1 N–H and O–H groups in total. The Morgan fingerprint density at radius 1 is 0.824 bits per heavy atom. The normalized spacial score (nSPS) is 11.1. The fraction of sp³-hybridized carbons (Fsp3) is 0.0741. The Labute approximate surface area is 204 Å². The number of carbonyl (C=O) groups excluding carboxylic acids is 1. The Bertz CT molecular complexity index is 1390. The second-order valence-corrected chi connectivity index (χ2v) is 10.1. The minimum absolute atomic E-state index is 0.0509. The molecule has 4 aromatic carbocycles. The van der Waals surface area contributed by atoms with Crippen molar-refractivity contribution in [2.75, 3.05) is 16.2 Å². The molecule has 4 aromatic rings. The molecule has 0 unspecified atom stereocenters. The van der Waals surface area contributed by atoms with E-state index in [9.17, 15) is 13.2 Å². The maximum Gasteiger partial charge on any atom is 0.264 e. The van der Waals surface area contributed by atoms with Crippen molar-refractivity contribution in [3.05, 3.63) is 114 Å². The smallest absolute Gasteiger partial charge is 0.264 e. The van der Waals surface area contributed by atoms with Crippen molar-refractivity contribution in [3.63, 3.8) is 0 Å². The van der Waals surface area contributed by atoms with Crippen molar-refractivity contribution in [3.8, 4) is 11.1 Å². The van der Waals surface area contributed by atoms with E-state index in [0.29, 0.717) is 16.4 Å². The topological polar surface area (TPSA) is 66.5 Å². The maximum atomic E-state index is 13.5. The number of carbonyl (C=O) groups is 1. The molecule has 5 nitrogen and oxygen atoms in total. The van der Waals surface area contributed by atoms with Crippen molar-refractivity contribution in [1.82, 2.24) is 0 Å². The van der Waals surface area contributed by atoms with E-state index in [-0.39, 0.29) is 4.90 Å². The van der Waals surface area contributed by atoms with Gasteiger partial charge in [-0.1, -0.05) is 77.8 Å². The summed E-state index contributed by atoms with van der Waals surface area (Å²) in [7, 11) is -4.02. The van der Waals surface area contributed by atoms with Crippen LogP contribution in [0.4, 0.5) is 11.4 Å². The number of amides is 1. The number of aryl methyl sites for hydroxylation is 1. The van der Waals surface area contributed by atoms with Gasteiger partial charge in [0.05, 0.1) is 10.6 Å². The van der Waals surface area contributed by atoms with Crippen LogP contribution in [0.3, 0.4) is 0 Å². The van der Waals surface area contributed by atoms with Gasteiger partial charge in [0, 0.05) is 16.3 Å². The van der Waals surface area contributed by atoms with Gasteiger partial charge in [0.25, 0.3) is 10.0 Å². The van der Waals surface area contributed by atoms with Crippen LogP contribution in [-0.4, -0.2) is 20.9 Å². The van der Waals surface area contributed by atoms with Crippen molar-refractivity contribution in [2.24, 2.45) is 0 Å². The molecule has 0 saturated heterocycles. The lowest BCUT2D eigenvalue weighted by atomic mass is 10.0. The fourth-order valence-corrected chi connectivity index (χ4v) is 5.09. The van der Waals surface area contributed by atoms with E-state index in [1.54, 1.807) is 18.2 Å². The van der Waals surface area contributed by atoms with Gasteiger partial charge in [-0.2, -0.15) is 0 Å². The van der Waals surface area contributed by atoms with Crippen LogP contribution >= 0.6 is 11.6 Å². The first kappa shape index (κ1) is 23.5. The number of anilines is 2. The third kappa shape index (κ3) is 5.30. The summed E-state index contributed by atoms with van der Waals surface area (Å²) in [5.74, 6) is -0.457. The van der Waals surface area contributed by atoms with Gasteiger partial charge in [0.1, 0.15) is 6.54 Å². The molecule has 0 atom stereocenters. The summed E-state index contributed by atoms with van der Waals surface area (Å²) in [6.45, 7) is 1.52. The number of hydrogen-bond donors (Lipinski definition) is 1. The standard InChI is InChI=1S/C27H23ClN2O3S/c1-20-11-15-23(16-12-20)30(34(32,33)24-17-13-22(28)14-18-24)19-27(31)29-26-10-6-5-9-25(26)21-7-3-2-4-8-21/h2-18H,19H2,1H3,(H,29,31). The third-order valence-corrected chi connectivity index (χ3v) is 7.34. The first-order chi connectivity index (χ1) is 16.3. The zero-order chi connectivity index (χ0) is 24.1. The third-order valence-electron chi connectivity index (χ3n) is 5.30. The highest BCUT2D eigenvalue weighted by Gasteiger charge is 2.27. The largest absolute Gasteiger partial charge is 0.324 e. The predicted octanol–water partition coefficient (Wildman–Crippen LogP) is 6.15. The first-order valence-corrected chi connectivity index (χ1v) is 12.5. The van der Waals surface area contributed by atoms with Crippen LogP contribution in [-0.2, 0) is 14.8 Å². The lowest BCUT2D eigenvalue weighted by Gasteiger charge is -2.24. The van der Waals surface area contributed by atoms with Crippen molar-refractivity contribution in [1.29, 1.82) is 0 Å². The summed E-state index contributed by atoms with van der Waals surface area (Å²) in [5.41, 5.74) is 3.77. The summed E-state index contributed by atoms with van der Waals surface area (Å²) in [5, 5.41) is 3.31. The molecule has 0 saturated carbocycles. The average molecular weight is 491 g/mol. The number of rotatable bonds is 7. The molecule has 0 aliphatic heterocycles. The quantitative estimate of drug-likeness (QED) is 0.338. The molecular weight excluding hydrogens is 468 g/mol. The number of hydrogen-bond acceptors (Lipinski definition) is 3. The van der Waals surface area contributed by atoms with Crippen molar-refractivity contribution < 1.29 is 13.2 Å². The van der Waals surface area contributed by atoms with Crippen LogP contribution in [0.1, 0.15) is 5.56 Å². The molecule has 4 rings (SSSR count). The summed E-state index contributed by atoms with van der Waals surface area (Å²) < 4.78 is 28.1. The molecular formula is C27H23ClN2O3S. The van der Waals surface area contributed by atoms with E-state index < -0.39 is 22.5 Å². The second kappa shape index (κ2) is 10.1. The van der Waals surface area contributed by atoms with E-state index in [1.807, 2.05) is 67.6 Å². The molecule has 0 radical (unpaired) electrons. The number of para-hydroxylation sites is 1. The number of nitrogens with one attached hydrogen (secondary N) is 1. The second-order valence-electron chi connectivity index (χ2n) is 7.76. The van der Waals surface area contributed by atoms with Gasteiger partial charge in [-0.05, 0) is 55.0 Å². The zero-order valence-electron chi connectivity index (χ0n) is 18.5. The van der Waals surface area contributed by atoms with Gasteiger partial charge in [-0.15, -0.1) is 0 Å². The van der Waals surface area contributed by atoms with Crippen LogP contribution in [0, 0.1) is 6.92 Å². The van der Waals surface area contributed by atoms with Gasteiger partial charge < -0.3 is 5.32 Å². The van der Waals surface area contributed by atoms with Crippen LogP contribution in [0.25, 0.3) is 11.1 Å². The Morgan fingerprint density at radius 2 is 1.44 bits per heavy atom. The Balaban J connectivity index is 1.66. The van der Waals surface area contributed by atoms with Crippen LogP contribution in [0.15, 0.2) is 108 Å². The highest BCUT2D eigenvalue weighted by molar-refractivity contribution is 7.92. The molecule has 0 bridgehead atoms. The monoisotopic (exact) mass is 490 g/mol. The summed E-state index contributed by atoms with van der Waals surface area (Å²) >= 11 is 5.94. The lowest BCUT2D eigenvalue weighted by molar-refractivity contribution is -0.114. The molecule has 0 aliphatic carbocycles. The van der Waals surface area contributed by atoms with Crippen LogP contribution < -0.4 is 9.62 Å². The Morgan fingerprint density at radius 3 is 2.12 bits per heavy atom. The summed E-state index contributed by atoms with van der Waals surface area (Å²) in [6.07, 6.45) is 0. The molecule has 0 spiro atoms. The number of halogens is 1. The van der Waals surface area contributed by atoms with Gasteiger partial charge in [-0.25, -0.2) is 8.42 Å². The average Bonchev–Trinajstić information content (AvgIpc) is 2.84. The highest BCUT2D eigenvalue weighted by atomic mass is 35.5.